The number of anilines is 1. The first-order valence-electron chi connectivity index (χ1n) is 7.27. The summed E-state index contributed by atoms with van der Waals surface area (Å²) in [5, 5.41) is 0. The molecule has 0 aliphatic carbocycles. The Morgan fingerprint density at radius 2 is 1.67 bits per heavy atom. The van der Waals surface area contributed by atoms with Gasteiger partial charge in [0.1, 0.15) is 0 Å². The van der Waals surface area contributed by atoms with E-state index in [0.717, 1.165) is 0 Å². The van der Waals surface area contributed by atoms with Crippen LogP contribution in [0, 0.1) is 0 Å². The van der Waals surface area contributed by atoms with Crippen LogP contribution >= 0.6 is 0 Å². The Balaban J connectivity index is 1.92. The number of hydrogen-bond acceptors (Lipinski definition) is 5. The molecule has 1 fully saturated rings. The normalized spacial score (nSPS) is 15.0. The fourth-order valence-corrected chi connectivity index (χ4v) is 2.35. The highest BCUT2D eigenvalue weighted by Gasteiger charge is 2.28. The molecular formula is C14H21N5O2. The zero-order valence-corrected chi connectivity index (χ0v) is 12.5. The van der Waals surface area contributed by atoms with E-state index < -0.39 is 11.8 Å². The van der Waals surface area contributed by atoms with Gasteiger partial charge in [-0.3, -0.25) is 9.59 Å². The molecule has 1 aromatic rings. The molecule has 0 atom stereocenters. The number of likely N-dealkylation sites (N-methyl/N-ethyl adjacent to an activating group) is 1. The van der Waals surface area contributed by atoms with Crippen molar-refractivity contribution in [1.82, 2.24) is 19.8 Å². The molecule has 7 heteroatoms. The van der Waals surface area contributed by atoms with Crippen molar-refractivity contribution >= 4 is 17.8 Å². The van der Waals surface area contributed by atoms with Gasteiger partial charge in [-0.15, -0.1) is 0 Å². The summed E-state index contributed by atoms with van der Waals surface area (Å²) in [7, 11) is 0. The molecule has 0 spiro atoms. The summed E-state index contributed by atoms with van der Waals surface area (Å²) in [5.41, 5.74) is 0. The number of hydrogen-bond donors (Lipinski definition) is 0. The molecule has 7 nitrogen and oxygen atoms in total. The maximum atomic E-state index is 12.2. The SMILES string of the molecule is CCN(CC)C(=O)C(=O)N1CCN(c2ncccn2)CC1. The number of piperazine rings is 1. The summed E-state index contributed by atoms with van der Waals surface area (Å²) < 4.78 is 0. The van der Waals surface area contributed by atoms with Crippen LogP contribution in [-0.4, -0.2) is 70.9 Å². The Kier molecular flexibility index (Phi) is 5.08. The highest BCUT2D eigenvalue weighted by Crippen LogP contribution is 2.10. The van der Waals surface area contributed by atoms with Gasteiger partial charge in [0.15, 0.2) is 0 Å². The van der Waals surface area contributed by atoms with E-state index in [1.54, 1.807) is 28.3 Å². The second-order valence-electron chi connectivity index (χ2n) is 4.81. The number of carbonyl (C=O) groups excluding carboxylic acids is 2. The minimum Gasteiger partial charge on any atom is -0.337 e. The molecule has 114 valence electrons. The predicted molar refractivity (Wildman–Crippen MR) is 78.8 cm³/mol. The summed E-state index contributed by atoms with van der Waals surface area (Å²) in [6, 6.07) is 1.77. The third kappa shape index (κ3) is 3.48. The maximum Gasteiger partial charge on any atom is 0.312 e. The van der Waals surface area contributed by atoms with Gasteiger partial charge in [0.05, 0.1) is 0 Å². The van der Waals surface area contributed by atoms with Gasteiger partial charge in [0, 0.05) is 51.7 Å². The molecule has 2 rings (SSSR count). The van der Waals surface area contributed by atoms with Gasteiger partial charge in [0.25, 0.3) is 0 Å². The molecule has 21 heavy (non-hydrogen) atoms. The van der Waals surface area contributed by atoms with E-state index in [2.05, 4.69) is 9.97 Å². The Morgan fingerprint density at radius 1 is 1.10 bits per heavy atom. The first-order chi connectivity index (χ1) is 10.2. The largest absolute Gasteiger partial charge is 0.337 e. The lowest BCUT2D eigenvalue weighted by Crippen LogP contribution is -2.53. The van der Waals surface area contributed by atoms with Gasteiger partial charge >= 0.3 is 11.8 Å². The summed E-state index contributed by atoms with van der Waals surface area (Å²) >= 11 is 0. The van der Waals surface area contributed by atoms with Crippen LogP contribution in [0.15, 0.2) is 18.5 Å². The monoisotopic (exact) mass is 291 g/mol. The van der Waals surface area contributed by atoms with Gasteiger partial charge in [-0.1, -0.05) is 0 Å². The van der Waals surface area contributed by atoms with Crippen LogP contribution in [0.5, 0.6) is 0 Å². The molecule has 0 aromatic carbocycles. The van der Waals surface area contributed by atoms with E-state index >= 15 is 0 Å². The van der Waals surface area contributed by atoms with Crippen LogP contribution in [0.1, 0.15) is 13.8 Å². The molecule has 2 heterocycles. The molecule has 0 unspecified atom stereocenters. The molecule has 0 saturated carbocycles. The minimum absolute atomic E-state index is 0.410. The van der Waals surface area contributed by atoms with Crippen molar-refractivity contribution in [2.24, 2.45) is 0 Å². The lowest BCUT2D eigenvalue weighted by atomic mass is 10.3. The van der Waals surface area contributed by atoms with E-state index in [1.807, 2.05) is 18.7 Å². The van der Waals surface area contributed by atoms with Gasteiger partial charge in [-0.2, -0.15) is 0 Å². The Hall–Kier alpha value is -2.18. The van der Waals surface area contributed by atoms with Crippen molar-refractivity contribution in [2.45, 2.75) is 13.8 Å². The molecule has 0 radical (unpaired) electrons. The first-order valence-corrected chi connectivity index (χ1v) is 7.27. The van der Waals surface area contributed by atoms with Crippen LogP contribution in [0.3, 0.4) is 0 Å². The van der Waals surface area contributed by atoms with Crippen molar-refractivity contribution in [2.75, 3.05) is 44.2 Å². The van der Waals surface area contributed by atoms with Gasteiger partial charge in [-0.05, 0) is 19.9 Å². The van der Waals surface area contributed by atoms with E-state index in [9.17, 15) is 9.59 Å². The fourth-order valence-electron chi connectivity index (χ4n) is 2.35. The van der Waals surface area contributed by atoms with Crippen molar-refractivity contribution in [1.29, 1.82) is 0 Å². The third-order valence-electron chi connectivity index (χ3n) is 3.64. The average Bonchev–Trinajstić information content (AvgIpc) is 2.56. The molecule has 0 bridgehead atoms. The summed E-state index contributed by atoms with van der Waals surface area (Å²) in [4.78, 5) is 37.8. The summed E-state index contributed by atoms with van der Waals surface area (Å²) in [6.07, 6.45) is 3.40. The summed E-state index contributed by atoms with van der Waals surface area (Å²) in [5.74, 6) is -0.156. The van der Waals surface area contributed by atoms with Crippen LogP contribution in [-0.2, 0) is 9.59 Å². The van der Waals surface area contributed by atoms with Gasteiger partial charge in [-0.25, -0.2) is 9.97 Å². The van der Waals surface area contributed by atoms with E-state index in [-0.39, 0.29) is 0 Å². The van der Waals surface area contributed by atoms with Gasteiger partial charge < -0.3 is 14.7 Å². The molecule has 1 aliphatic rings. The lowest BCUT2D eigenvalue weighted by molar-refractivity contribution is -0.151. The summed E-state index contributed by atoms with van der Waals surface area (Å²) in [6.45, 7) is 7.17. The highest BCUT2D eigenvalue weighted by atomic mass is 16.2. The van der Waals surface area contributed by atoms with Crippen molar-refractivity contribution < 1.29 is 9.59 Å². The van der Waals surface area contributed by atoms with E-state index in [0.29, 0.717) is 45.2 Å². The molecule has 0 N–H and O–H groups in total. The Morgan fingerprint density at radius 3 is 2.19 bits per heavy atom. The Labute approximate surface area is 124 Å². The van der Waals surface area contributed by atoms with Crippen LogP contribution in [0.2, 0.25) is 0 Å². The van der Waals surface area contributed by atoms with Crippen LogP contribution in [0.25, 0.3) is 0 Å². The number of rotatable bonds is 3. The second-order valence-corrected chi connectivity index (χ2v) is 4.81. The average molecular weight is 291 g/mol. The quantitative estimate of drug-likeness (QED) is 0.733. The topological polar surface area (TPSA) is 69.6 Å². The highest BCUT2D eigenvalue weighted by molar-refractivity contribution is 6.34. The van der Waals surface area contributed by atoms with Crippen LogP contribution in [0.4, 0.5) is 5.95 Å². The predicted octanol–water partition coefficient (Wildman–Crippen LogP) is -0.00640. The van der Waals surface area contributed by atoms with Crippen molar-refractivity contribution in [3.63, 3.8) is 0 Å². The minimum atomic E-state index is -0.413. The number of carbonyl (C=O) groups is 2. The molecular weight excluding hydrogens is 270 g/mol. The van der Waals surface area contributed by atoms with Crippen molar-refractivity contribution in [3.8, 4) is 0 Å². The molecule has 1 aliphatic heterocycles. The van der Waals surface area contributed by atoms with Crippen LogP contribution < -0.4 is 4.90 Å². The number of nitrogens with zero attached hydrogens (tertiary/aromatic N) is 5. The molecule has 2 amide bonds. The van der Waals surface area contributed by atoms with Gasteiger partial charge in [0.2, 0.25) is 5.95 Å². The van der Waals surface area contributed by atoms with E-state index in [4.69, 9.17) is 0 Å². The number of aromatic nitrogens is 2. The fraction of sp³-hybridized carbons (Fsp3) is 0.571. The zero-order chi connectivity index (χ0) is 15.2. The smallest absolute Gasteiger partial charge is 0.312 e. The molecule has 1 aromatic heterocycles. The lowest BCUT2D eigenvalue weighted by Gasteiger charge is -2.35. The van der Waals surface area contributed by atoms with E-state index in [1.165, 1.54) is 0 Å². The standard InChI is InChI=1S/C14H21N5O2/c1-3-17(4-2)12(20)13(21)18-8-10-19(11-9-18)14-15-6-5-7-16-14/h5-7H,3-4,8-11H2,1-2H3. The molecule has 1 saturated heterocycles. The van der Waals surface area contributed by atoms with Crippen molar-refractivity contribution in [3.05, 3.63) is 18.5 Å². The Bertz CT molecular complexity index is 481. The maximum absolute atomic E-state index is 12.2. The second kappa shape index (κ2) is 7.01. The number of amides is 2. The zero-order valence-electron chi connectivity index (χ0n) is 12.5. The third-order valence-corrected chi connectivity index (χ3v) is 3.64. The first kappa shape index (κ1) is 15.2.